The van der Waals surface area contributed by atoms with Crippen molar-refractivity contribution in [2.45, 2.75) is 0 Å². The average molecular weight is 279 g/mol. The molecule has 1 aromatic carbocycles. The van der Waals surface area contributed by atoms with Crippen LogP contribution in [-0.4, -0.2) is 31.7 Å². The van der Waals surface area contributed by atoms with Gasteiger partial charge in [-0.05, 0) is 18.2 Å². The van der Waals surface area contributed by atoms with Crippen LogP contribution in [0.4, 0.5) is 9.18 Å². The number of hydrogen-bond acceptors (Lipinski definition) is 4. The second-order valence-electron chi connectivity index (χ2n) is 3.62. The molecule has 0 saturated carbocycles. The number of rotatable bonds is 4. The quantitative estimate of drug-likeness (QED) is 0.531. The van der Waals surface area contributed by atoms with Crippen molar-refractivity contribution >= 4 is 12.0 Å². The first-order valence-electron chi connectivity index (χ1n) is 5.73. The topological polar surface area (TPSA) is 107 Å². The van der Waals surface area contributed by atoms with Gasteiger partial charge in [0.1, 0.15) is 12.4 Å². The van der Waals surface area contributed by atoms with E-state index in [2.05, 4.69) is 21.9 Å². The van der Waals surface area contributed by atoms with Gasteiger partial charge in [0.15, 0.2) is 0 Å². The normalized spacial score (nSPS) is 9.30. The van der Waals surface area contributed by atoms with Gasteiger partial charge in [-0.2, -0.15) is 0 Å². The first kappa shape index (κ1) is 15.5. The summed E-state index contributed by atoms with van der Waals surface area (Å²) in [6.45, 7) is 0.110. The molecular formula is C13H14FN3O3. The molecule has 2 amide bonds. The van der Waals surface area contributed by atoms with E-state index < -0.39 is 17.8 Å². The summed E-state index contributed by atoms with van der Waals surface area (Å²) in [5, 5.41) is 2.39. The van der Waals surface area contributed by atoms with Gasteiger partial charge < -0.3 is 21.5 Å². The number of nitrogens with one attached hydrogen (secondary N) is 1. The Morgan fingerprint density at radius 3 is 2.80 bits per heavy atom. The summed E-state index contributed by atoms with van der Waals surface area (Å²) in [5.74, 6) is 4.01. The van der Waals surface area contributed by atoms with Crippen LogP contribution in [-0.2, 0) is 4.74 Å². The van der Waals surface area contributed by atoms with E-state index in [4.69, 9.17) is 11.5 Å². The van der Waals surface area contributed by atoms with Gasteiger partial charge >= 0.3 is 6.09 Å². The summed E-state index contributed by atoms with van der Waals surface area (Å²) in [6, 6.07) is 3.92. The largest absolute Gasteiger partial charge is 0.448 e. The van der Waals surface area contributed by atoms with E-state index in [9.17, 15) is 14.0 Å². The summed E-state index contributed by atoms with van der Waals surface area (Å²) in [5.41, 5.74) is 10.3. The van der Waals surface area contributed by atoms with E-state index in [-0.39, 0.29) is 25.3 Å². The molecule has 0 aliphatic rings. The van der Waals surface area contributed by atoms with Crippen LogP contribution in [0, 0.1) is 17.7 Å². The van der Waals surface area contributed by atoms with E-state index in [1.54, 1.807) is 0 Å². The van der Waals surface area contributed by atoms with Crippen molar-refractivity contribution in [3.8, 4) is 11.8 Å². The van der Waals surface area contributed by atoms with Crippen LogP contribution in [0.5, 0.6) is 0 Å². The highest BCUT2D eigenvalue weighted by Gasteiger charge is 2.11. The van der Waals surface area contributed by atoms with Crippen molar-refractivity contribution in [3.05, 3.63) is 35.1 Å². The molecule has 7 heteroatoms. The molecule has 0 spiro atoms. The molecule has 6 nitrogen and oxygen atoms in total. The number of carbonyl (C=O) groups excluding carboxylic acids is 2. The molecule has 0 fully saturated rings. The fourth-order valence-electron chi connectivity index (χ4n) is 1.34. The number of ether oxygens (including phenoxy) is 1. The molecule has 20 heavy (non-hydrogen) atoms. The molecular weight excluding hydrogens is 265 g/mol. The molecule has 1 rings (SSSR count). The van der Waals surface area contributed by atoms with Gasteiger partial charge in [-0.3, -0.25) is 4.79 Å². The molecule has 0 saturated heterocycles. The van der Waals surface area contributed by atoms with Crippen LogP contribution < -0.4 is 16.8 Å². The number of primary amides is 1. The van der Waals surface area contributed by atoms with Crippen molar-refractivity contribution < 1.29 is 18.7 Å². The Bertz CT molecular complexity index is 564. The predicted octanol–water partition coefficient (Wildman–Crippen LogP) is -0.0390. The Kier molecular flexibility index (Phi) is 6.00. The molecule has 106 valence electrons. The van der Waals surface area contributed by atoms with Gasteiger partial charge in [-0.25, -0.2) is 9.18 Å². The number of nitrogens with two attached hydrogens (primary N) is 2. The van der Waals surface area contributed by atoms with Crippen LogP contribution in [0.3, 0.4) is 0 Å². The molecule has 5 N–H and O–H groups in total. The lowest BCUT2D eigenvalue weighted by atomic mass is 10.1. The third-order valence-electron chi connectivity index (χ3n) is 2.18. The van der Waals surface area contributed by atoms with Crippen LogP contribution in [0.25, 0.3) is 0 Å². The number of amides is 2. The smallest absolute Gasteiger partial charge is 0.404 e. The SMILES string of the molecule is NCC#Cc1ccc(F)c(C(=O)NCCOC(N)=O)c1. The van der Waals surface area contributed by atoms with Crippen molar-refractivity contribution in [1.82, 2.24) is 5.32 Å². The highest BCUT2D eigenvalue weighted by atomic mass is 19.1. The summed E-state index contributed by atoms with van der Waals surface area (Å²) in [7, 11) is 0. The standard InChI is InChI=1S/C13H14FN3O3/c14-11-4-3-9(2-1-5-15)8-10(11)12(18)17-6-7-20-13(16)19/h3-4,8H,5-7,15H2,(H2,16,19)(H,17,18). The molecule has 0 aliphatic heterocycles. The number of halogens is 1. The molecule has 0 heterocycles. The molecule has 0 aromatic heterocycles. The van der Waals surface area contributed by atoms with E-state index in [0.717, 1.165) is 6.07 Å². The molecule has 0 bridgehead atoms. The Morgan fingerprint density at radius 1 is 1.40 bits per heavy atom. The third-order valence-corrected chi connectivity index (χ3v) is 2.18. The zero-order chi connectivity index (χ0) is 15.0. The van der Waals surface area contributed by atoms with E-state index in [0.29, 0.717) is 5.56 Å². The lowest BCUT2D eigenvalue weighted by molar-refractivity contribution is 0.0932. The summed E-state index contributed by atoms with van der Waals surface area (Å²) >= 11 is 0. The van der Waals surface area contributed by atoms with Gasteiger partial charge in [-0.15, -0.1) is 0 Å². The van der Waals surface area contributed by atoms with Gasteiger partial charge in [0.05, 0.1) is 18.7 Å². The van der Waals surface area contributed by atoms with Crippen LogP contribution in [0.2, 0.25) is 0 Å². The monoisotopic (exact) mass is 279 g/mol. The zero-order valence-corrected chi connectivity index (χ0v) is 10.6. The Balaban J connectivity index is 2.69. The van der Waals surface area contributed by atoms with E-state index in [1.807, 2.05) is 0 Å². The minimum Gasteiger partial charge on any atom is -0.448 e. The Morgan fingerprint density at radius 2 is 2.15 bits per heavy atom. The lowest BCUT2D eigenvalue weighted by Crippen LogP contribution is -2.29. The fraction of sp³-hybridized carbons (Fsp3) is 0.231. The third kappa shape index (κ3) is 4.96. The highest BCUT2D eigenvalue weighted by Crippen LogP contribution is 2.09. The summed E-state index contributed by atoms with van der Waals surface area (Å²) in [4.78, 5) is 22.1. The molecule has 0 aliphatic carbocycles. The van der Waals surface area contributed by atoms with Crippen molar-refractivity contribution in [2.75, 3.05) is 19.7 Å². The summed E-state index contributed by atoms with van der Waals surface area (Å²) in [6.07, 6.45) is -0.940. The van der Waals surface area contributed by atoms with Gasteiger partial charge in [0.2, 0.25) is 0 Å². The van der Waals surface area contributed by atoms with E-state index in [1.165, 1.54) is 12.1 Å². The highest BCUT2D eigenvalue weighted by molar-refractivity contribution is 5.94. The maximum absolute atomic E-state index is 13.5. The minimum absolute atomic E-state index is 0.0277. The molecule has 0 radical (unpaired) electrons. The van der Waals surface area contributed by atoms with Crippen molar-refractivity contribution in [3.63, 3.8) is 0 Å². The maximum atomic E-state index is 13.5. The molecule has 1 aromatic rings. The second kappa shape index (κ2) is 7.76. The minimum atomic E-state index is -0.940. The fourth-order valence-corrected chi connectivity index (χ4v) is 1.34. The molecule has 0 atom stereocenters. The maximum Gasteiger partial charge on any atom is 0.404 e. The average Bonchev–Trinajstić information content (AvgIpc) is 2.42. The van der Waals surface area contributed by atoms with Gasteiger partial charge in [0, 0.05) is 5.56 Å². The number of carbonyl (C=O) groups is 2. The molecule has 0 unspecified atom stereocenters. The zero-order valence-electron chi connectivity index (χ0n) is 10.6. The number of benzene rings is 1. The van der Waals surface area contributed by atoms with Gasteiger partial charge in [0.25, 0.3) is 5.91 Å². The van der Waals surface area contributed by atoms with Crippen molar-refractivity contribution in [1.29, 1.82) is 0 Å². The predicted molar refractivity (Wildman–Crippen MR) is 70.2 cm³/mol. The lowest BCUT2D eigenvalue weighted by Gasteiger charge is -2.06. The van der Waals surface area contributed by atoms with Crippen LogP contribution in [0.1, 0.15) is 15.9 Å². The van der Waals surface area contributed by atoms with Crippen molar-refractivity contribution in [2.24, 2.45) is 11.5 Å². The van der Waals surface area contributed by atoms with E-state index >= 15 is 0 Å². The Labute approximate surface area is 115 Å². The number of hydrogen-bond donors (Lipinski definition) is 3. The Hall–Kier alpha value is -2.59. The first-order chi connectivity index (χ1) is 9.54. The van der Waals surface area contributed by atoms with Gasteiger partial charge in [-0.1, -0.05) is 11.8 Å². The van der Waals surface area contributed by atoms with Crippen LogP contribution >= 0.6 is 0 Å². The first-order valence-corrected chi connectivity index (χ1v) is 5.73. The second-order valence-corrected chi connectivity index (χ2v) is 3.62. The van der Waals surface area contributed by atoms with Crippen LogP contribution in [0.15, 0.2) is 18.2 Å². The summed E-state index contributed by atoms with van der Waals surface area (Å²) < 4.78 is 18.0.